The van der Waals surface area contributed by atoms with E-state index in [9.17, 15) is 9.90 Å². The maximum Gasteiger partial charge on any atom is 0.239 e. The average molecular weight is 433 g/mol. The number of nitrogens with zero attached hydrogens (tertiary/aromatic N) is 3. The van der Waals surface area contributed by atoms with Crippen LogP contribution in [0.15, 0.2) is 64.8 Å². The number of phenolic OH excluding ortho intramolecular Hbond substituents is 1. The fraction of sp³-hybridized carbons (Fsp3) is 0.190. The highest BCUT2D eigenvalue weighted by molar-refractivity contribution is 6.29. The van der Waals surface area contributed by atoms with E-state index >= 15 is 0 Å². The van der Waals surface area contributed by atoms with Gasteiger partial charge in [0.2, 0.25) is 5.91 Å². The van der Waals surface area contributed by atoms with Gasteiger partial charge in [-0.05, 0) is 47.9 Å². The molecule has 3 aromatic carbocycles. The van der Waals surface area contributed by atoms with Gasteiger partial charge < -0.3 is 22.8 Å². The molecule has 0 aliphatic rings. The van der Waals surface area contributed by atoms with Crippen LogP contribution in [0.4, 0.5) is 22.7 Å². The molecule has 3 aromatic rings. The number of halogens is 2. The number of fused-ring (bicyclic) bond motifs is 1. The molecule has 6 nitrogen and oxygen atoms in total. The van der Waals surface area contributed by atoms with Crippen LogP contribution in [0.1, 0.15) is 0 Å². The fourth-order valence-corrected chi connectivity index (χ4v) is 2.78. The smallest absolute Gasteiger partial charge is 0.239 e. The number of anilines is 1. The van der Waals surface area contributed by atoms with Crippen LogP contribution in [0.5, 0.6) is 5.75 Å². The van der Waals surface area contributed by atoms with Gasteiger partial charge in [0.25, 0.3) is 0 Å². The molecule has 0 unspecified atom stereocenters. The molecule has 3 rings (SSSR count). The first-order valence-corrected chi connectivity index (χ1v) is 9.27. The number of phenols is 1. The number of alkyl halides is 1. The Morgan fingerprint density at radius 1 is 1.03 bits per heavy atom. The predicted molar refractivity (Wildman–Crippen MR) is 115 cm³/mol. The fourth-order valence-electron chi connectivity index (χ4n) is 2.72. The highest BCUT2D eigenvalue weighted by Crippen LogP contribution is 2.38. The molecular formula is C21H22Cl2N4O2. The lowest BCUT2D eigenvalue weighted by molar-refractivity contribution is -0.113. The lowest BCUT2D eigenvalue weighted by atomic mass is 10.1. The zero-order valence-electron chi connectivity index (χ0n) is 16.4. The van der Waals surface area contributed by atoms with Gasteiger partial charge in [-0.25, -0.2) is 0 Å². The van der Waals surface area contributed by atoms with Gasteiger partial charge in [-0.15, -0.1) is 16.7 Å². The summed E-state index contributed by atoms with van der Waals surface area (Å²) in [5, 5.41) is 23.3. The Balaban J connectivity index is 0.00000300. The van der Waals surface area contributed by atoms with Gasteiger partial charge in [-0.1, -0.05) is 6.07 Å². The molecular weight excluding hydrogens is 411 g/mol. The van der Waals surface area contributed by atoms with E-state index in [1.807, 2.05) is 18.2 Å². The molecule has 29 heavy (non-hydrogen) atoms. The van der Waals surface area contributed by atoms with Crippen molar-refractivity contribution in [3.05, 3.63) is 54.6 Å². The summed E-state index contributed by atoms with van der Waals surface area (Å²) >= 11 is 5.48. The van der Waals surface area contributed by atoms with E-state index in [0.717, 1.165) is 16.5 Å². The number of carbonyl (C=O) groups excluding carboxylic acids is 1. The van der Waals surface area contributed by atoms with E-state index in [2.05, 4.69) is 42.8 Å². The van der Waals surface area contributed by atoms with Crippen molar-refractivity contribution in [1.29, 1.82) is 0 Å². The Labute approximate surface area is 180 Å². The largest absolute Gasteiger partial charge is 1.00 e. The lowest BCUT2D eigenvalue weighted by Crippen LogP contribution is -3.00. The summed E-state index contributed by atoms with van der Waals surface area (Å²) in [6.07, 6.45) is 0. The predicted octanol–water partition coefficient (Wildman–Crippen LogP) is 2.34. The number of nitrogens with one attached hydrogen (secondary N) is 1. The minimum Gasteiger partial charge on any atom is -1.00 e. The van der Waals surface area contributed by atoms with E-state index in [4.69, 9.17) is 11.6 Å². The second-order valence-electron chi connectivity index (χ2n) is 7.28. The standard InChI is InChI=1S/C21H21ClN4O2.ClH/c1-26(2,3)17-10-4-14-5-11-19(27)21(18(14)12-17)25-24-16-8-6-15(7-9-16)23-20(28)13-22;/h4-12H,13H2,1-3H3,(H-,23,24,25,27,28);1H. The van der Waals surface area contributed by atoms with E-state index < -0.39 is 0 Å². The molecule has 0 fully saturated rings. The lowest BCUT2D eigenvalue weighted by Gasteiger charge is -2.23. The maximum atomic E-state index is 11.3. The maximum absolute atomic E-state index is 11.3. The molecule has 0 saturated heterocycles. The van der Waals surface area contributed by atoms with Crippen molar-refractivity contribution < 1.29 is 22.3 Å². The van der Waals surface area contributed by atoms with Crippen LogP contribution in [0.2, 0.25) is 0 Å². The monoisotopic (exact) mass is 432 g/mol. The first kappa shape index (κ1) is 22.6. The molecule has 0 spiro atoms. The first-order chi connectivity index (χ1) is 13.3. The molecule has 1 amide bonds. The number of azo groups is 1. The molecule has 0 aliphatic carbocycles. The molecule has 0 atom stereocenters. The van der Waals surface area contributed by atoms with Crippen molar-refractivity contribution in [2.75, 3.05) is 32.3 Å². The Hall–Kier alpha value is -2.67. The number of quaternary nitrogens is 1. The second-order valence-corrected chi connectivity index (χ2v) is 7.55. The van der Waals surface area contributed by atoms with Crippen LogP contribution in [0.3, 0.4) is 0 Å². The summed E-state index contributed by atoms with van der Waals surface area (Å²) < 4.78 is 0.650. The summed E-state index contributed by atoms with van der Waals surface area (Å²) in [6, 6.07) is 16.5. The van der Waals surface area contributed by atoms with Gasteiger partial charge in [0, 0.05) is 17.1 Å². The second kappa shape index (κ2) is 9.22. The van der Waals surface area contributed by atoms with Gasteiger partial charge in [0.05, 0.1) is 26.8 Å². The van der Waals surface area contributed by atoms with E-state index in [-0.39, 0.29) is 29.9 Å². The van der Waals surface area contributed by atoms with Crippen LogP contribution < -0.4 is 22.2 Å². The van der Waals surface area contributed by atoms with Crippen LogP contribution in [0, 0.1) is 0 Å². The van der Waals surface area contributed by atoms with Crippen LogP contribution >= 0.6 is 11.6 Å². The zero-order valence-corrected chi connectivity index (χ0v) is 17.9. The third-order valence-corrected chi connectivity index (χ3v) is 4.51. The number of carbonyl (C=O) groups is 1. The Morgan fingerprint density at radius 2 is 1.69 bits per heavy atom. The van der Waals surface area contributed by atoms with Gasteiger partial charge in [0.1, 0.15) is 23.0 Å². The number of aromatic hydroxyl groups is 1. The molecule has 2 N–H and O–H groups in total. The Kier molecular flexibility index (Phi) is 7.19. The molecule has 0 heterocycles. The minimum atomic E-state index is -0.273. The van der Waals surface area contributed by atoms with Crippen LogP contribution in [-0.2, 0) is 4.79 Å². The highest BCUT2D eigenvalue weighted by Gasteiger charge is 2.15. The number of amides is 1. The van der Waals surface area contributed by atoms with Crippen molar-refractivity contribution in [3.8, 4) is 5.75 Å². The minimum absolute atomic E-state index is 0. The molecule has 0 aliphatic heterocycles. The van der Waals surface area contributed by atoms with Crippen molar-refractivity contribution in [2.24, 2.45) is 10.2 Å². The molecule has 0 radical (unpaired) electrons. The average Bonchev–Trinajstić information content (AvgIpc) is 2.67. The Morgan fingerprint density at radius 3 is 2.31 bits per heavy atom. The normalized spacial score (nSPS) is 11.4. The van der Waals surface area contributed by atoms with Gasteiger partial charge >= 0.3 is 0 Å². The SMILES string of the molecule is C[N+](C)(C)c1ccc2ccc(O)c(N=Nc3ccc(NC(=O)CCl)cc3)c2c1.[Cl-]. The Bertz CT molecular complexity index is 1040. The summed E-state index contributed by atoms with van der Waals surface area (Å²) in [4.78, 5) is 11.3. The number of hydrogen-bond acceptors (Lipinski definition) is 4. The van der Waals surface area contributed by atoms with Crippen LogP contribution in [-0.4, -0.2) is 38.0 Å². The van der Waals surface area contributed by atoms with Gasteiger partial charge in [-0.3, -0.25) is 9.28 Å². The third kappa shape index (κ3) is 5.44. The zero-order chi connectivity index (χ0) is 20.3. The summed E-state index contributed by atoms with van der Waals surface area (Å²) in [6.45, 7) is 0. The topological polar surface area (TPSA) is 74.1 Å². The van der Waals surface area contributed by atoms with Crippen LogP contribution in [0.25, 0.3) is 10.8 Å². The van der Waals surface area contributed by atoms with Gasteiger partial charge in [-0.2, -0.15) is 5.11 Å². The summed E-state index contributed by atoms with van der Waals surface area (Å²) in [5.41, 5.74) is 2.74. The van der Waals surface area contributed by atoms with E-state index in [1.165, 1.54) is 0 Å². The molecule has 152 valence electrons. The number of rotatable bonds is 5. The highest BCUT2D eigenvalue weighted by atomic mass is 35.5. The summed E-state index contributed by atoms with van der Waals surface area (Å²) in [5.74, 6) is -0.303. The number of benzene rings is 3. The third-order valence-electron chi connectivity index (χ3n) is 4.27. The van der Waals surface area contributed by atoms with Crippen molar-refractivity contribution >= 4 is 51.0 Å². The van der Waals surface area contributed by atoms with Gasteiger partial charge in [0.15, 0.2) is 0 Å². The quantitative estimate of drug-likeness (QED) is 0.368. The van der Waals surface area contributed by atoms with E-state index in [1.54, 1.807) is 30.3 Å². The summed E-state index contributed by atoms with van der Waals surface area (Å²) in [7, 11) is 6.24. The molecule has 0 saturated carbocycles. The molecule has 0 bridgehead atoms. The number of hydrogen-bond donors (Lipinski definition) is 2. The van der Waals surface area contributed by atoms with E-state index in [0.29, 0.717) is 21.5 Å². The van der Waals surface area contributed by atoms with Crippen molar-refractivity contribution in [3.63, 3.8) is 0 Å². The van der Waals surface area contributed by atoms with Crippen molar-refractivity contribution in [1.82, 2.24) is 4.48 Å². The van der Waals surface area contributed by atoms with Crippen molar-refractivity contribution in [2.45, 2.75) is 0 Å². The molecule has 8 heteroatoms. The molecule has 0 aromatic heterocycles. The first-order valence-electron chi connectivity index (χ1n) is 8.73.